The number of benzene rings is 2. The molecule has 2 aromatic carbocycles. The van der Waals surface area contributed by atoms with Crippen molar-refractivity contribution in [2.24, 2.45) is 0 Å². The van der Waals surface area contributed by atoms with E-state index in [0.29, 0.717) is 42.0 Å². The van der Waals surface area contributed by atoms with Crippen LogP contribution >= 0.6 is 0 Å². The Balaban J connectivity index is 1.37. The Morgan fingerprint density at radius 2 is 1.97 bits per heavy atom. The zero-order valence-electron chi connectivity index (χ0n) is 20.4. The fourth-order valence-corrected chi connectivity index (χ4v) is 4.57. The number of hydrogen-bond acceptors (Lipinski definition) is 5. The van der Waals surface area contributed by atoms with Gasteiger partial charge in [-0.05, 0) is 55.7 Å². The van der Waals surface area contributed by atoms with E-state index in [0.717, 1.165) is 0 Å². The molecule has 0 bridgehead atoms. The third-order valence-corrected chi connectivity index (χ3v) is 6.40. The lowest BCUT2D eigenvalue weighted by Crippen LogP contribution is -2.53. The number of carbonyl (C=O) groups is 3. The van der Waals surface area contributed by atoms with Gasteiger partial charge in [-0.25, -0.2) is 9.18 Å². The normalized spacial score (nSPS) is 21.2. The number of ether oxygens (including phenoxy) is 2. The van der Waals surface area contributed by atoms with Crippen molar-refractivity contribution < 1.29 is 28.2 Å². The lowest BCUT2D eigenvalue weighted by Gasteiger charge is -2.42. The third-order valence-electron chi connectivity index (χ3n) is 6.40. The van der Waals surface area contributed by atoms with Crippen molar-refractivity contribution in [1.29, 1.82) is 0 Å². The van der Waals surface area contributed by atoms with Crippen LogP contribution in [0.15, 0.2) is 42.5 Å². The average Bonchev–Trinajstić information content (AvgIpc) is 2.85. The van der Waals surface area contributed by atoms with Gasteiger partial charge in [0.1, 0.15) is 24.3 Å². The molecule has 0 aromatic heterocycles. The molecule has 0 spiro atoms. The highest BCUT2D eigenvalue weighted by molar-refractivity contribution is 5.99. The molecule has 1 fully saturated rings. The Morgan fingerprint density at radius 1 is 1.14 bits per heavy atom. The van der Waals surface area contributed by atoms with Gasteiger partial charge >= 0.3 is 6.03 Å². The molecule has 1 saturated heterocycles. The van der Waals surface area contributed by atoms with Crippen molar-refractivity contribution in [1.82, 2.24) is 15.5 Å². The molecule has 3 N–H and O–H groups in total. The van der Waals surface area contributed by atoms with Crippen LogP contribution in [0.25, 0.3) is 0 Å². The summed E-state index contributed by atoms with van der Waals surface area (Å²) in [5.74, 6) is -0.349. The summed E-state index contributed by atoms with van der Waals surface area (Å²) in [5, 5.41) is 8.17. The van der Waals surface area contributed by atoms with Crippen LogP contribution in [0, 0.1) is 5.82 Å². The van der Waals surface area contributed by atoms with Gasteiger partial charge in [0.05, 0.1) is 24.1 Å². The Kier molecular flexibility index (Phi) is 8.04. The highest BCUT2D eigenvalue weighted by Crippen LogP contribution is 2.32. The maximum Gasteiger partial charge on any atom is 0.319 e. The summed E-state index contributed by atoms with van der Waals surface area (Å²) in [6, 6.07) is 10.5. The minimum atomic E-state index is -0.394. The second kappa shape index (κ2) is 11.4. The second-order valence-electron chi connectivity index (χ2n) is 8.97. The van der Waals surface area contributed by atoms with Gasteiger partial charge in [0, 0.05) is 25.8 Å². The van der Waals surface area contributed by atoms with E-state index in [-0.39, 0.29) is 55.4 Å². The first-order valence-electron chi connectivity index (χ1n) is 12.1. The van der Waals surface area contributed by atoms with Crippen molar-refractivity contribution >= 4 is 23.5 Å². The molecule has 0 saturated carbocycles. The van der Waals surface area contributed by atoms with E-state index in [1.165, 1.54) is 12.1 Å². The minimum absolute atomic E-state index is 0.168. The van der Waals surface area contributed by atoms with E-state index in [1.54, 1.807) is 42.3 Å². The third kappa shape index (κ3) is 6.12. The maximum atomic E-state index is 13.3. The summed E-state index contributed by atoms with van der Waals surface area (Å²) in [6.45, 7) is 2.77. The molecule has 2 heterocycles. The highest BCUT2D eigenvalue weighted by atomic mass is 19.1. The molecule has 2 aromatic rings. The lowest BCUT2D eigenvalue weighted by molar-refractivity contribution is -0.134. The van der Waals surface area contributed by atoms with Crippen LogP contribution < -0.4 is 20.7 Å². The smallest absolute Gasteiger partial charge is 0.319 e. The van der Waals surface area contributed by atoms with E-state index >= 15 is 0 Å². The number of urea groups is 1. The number of likely N-dealkylation sites (N-methyl/N-ethyl adjacent to an activating group) is 1. The number of nitrogens with zero attached hydrogens (tertiary/aromatic N) is 1. The van der Waals surface area contributed by atoms with Gasteiger partial charge in [0.25, 0.3) is 5.91 Å². The van der Waals surface area contributed by atoms with Gasteiger partial charge in [-0.2, -0.15) is 0 Å². The summed E-state index contributed by atoms with van der Waals surface area (Å²) in [7, 11) is 1.73. The molecule has 0 radical (unpaired) electrons. The van der Waals surface area contributed by atoms with E-state index in [2.05, 4.69) is 16.0 Å². The van der Waals surface area contributed by atoms with E-state index in [9.17, 15) is 18.8 Å². The van der Waals surface area contributed by atoms with Gasteiger partial charge in [-0.1, -0.05) is 12.1 Å². The summed E-state index contributed by atoms with van der Waals surface area (Å²) in [6.07, 6.45) is 0.729. The monoisotopic (exact) mass is 498 g/mol. The van der Waals surface area contributed by atoms with Crippen LogP contribution in [-0.4, -0.2) is 61.2 Å². The van der Waals surface area contributed by atoms with Gasteiger partial charge in [0.2, 0.25) is 5.91 Å². The first kappa shape index (κ1) is 25.4. The van der Waals surface area contributed by atoms with Gasteiger partial charge in [-0.3, -0.25) is 9.59 Å². The van der Waals surface area contributed by atoms with Crippen molar-refractivity contribution in [3.05, 3.63) is 59.4 Å². The van der Waals surface area contributed by atoms with Crippen molar-refractivity contribution in [2.45, 2.75) is 51.0 Å². The molecule has 4 rings (SSSR count). The molecule has 0 aliphatic carbocycles. The molecule has 3 atom stereocenters. The number of carbonyl (C=O) groups excluding carboxylic acids is 3. The van der Waals surface area contributed by atoms with Gasteiger partial charge in [-0.15, -0.1) is 0 Å². The average molecular weight is 499 g/mol. The lowest BCUT2D eigenvalue weighted by atomic mass is 9.94. The molecule has 4 amide bonds. The fraction of sp³-hybridized carbons (Fsp3) is 0.423. The summed E-state index contributed by atoms with van der Waals surface area (Å²) in [5.41, 5.74) is 1.54. The second-order valence-corrected chi connectivity index (χ2v) is 8.97. The number of nitrogens with one attached hydrogen (secondary N) is 3. The number of amides is 4. The van der Waals surface area contributed by atoms with Crippen LogP contribution in [0.4, 0.5) is 14.9 Å². The number of rotatable bonds is 6. The van der Waals surface area contributed by atoms with Crippen LogP contribution in [0.1, 0.15) is 42.1 Å². The Morgan fingerprint density at radius 3 is 2.75 bits per heavy atom. The maximum absolute atomic E-state index is 13.3. The van der Waals surface area contributed by atoms with Crippen molar-refractivity contribution in [3.63, 3.8) is 0 Å². The van der Waals surface area contributed by atoms with E-state index in [4.69, 9.17) is 9.47 Å². The number of anilines is 1. The fourth-order valence-electron chi connectivity index (χ4n) is 4.57. The van der Waals surface area contributed by atoms with Gasteiger partial charge in [0.15, 0.2) is 0 Å². The molecule has 9 nitrogen and oxygen atoms in total. The van der Waals surface area contributed by atoms with Crippen LogP contribution in [0.3, 0.4) is 0 Å². The number of fused-ring (bicyclic) bond motifs is 2. The summed E-state index contributed by atoms with van der Waals surface area (Å²) in [4.78, 5) is 39.3. The van der Waals surface area contributed by atoms with Crippen LogP contribution in [-0.2, 0) is 16.1 Å². The quantitative estimate of drug-likeness (QED) is 0.567. The van der Waals surface area contributed by atoms with Crippen LogP contribution in [0.2, 0.25) is 0 Å². The molecule has 192 valence electrons. The molecular formula is C26H31FN4O5. The topological polar surface area (TPSA) is 109 Å². The Labute approximate surface area is 209 Å². The summed E-state index contributed by atoms with van der Waals surface area (Å²) >= 11 is 0. The molecule has 2 aliphatic rings. The molecule has 2 aliphatic heterocycles. The molecule has 0 unspecified atom stereocenters. The van der Waals surface area contributed by atoms with E-state index in [1.807, 2.05) is 6.92 Å². The number of halogens is 1. The molecular weight excluding hydrogens is 467 g/mol. The first-order chi connectivity index (χ1) is 17.3. The largest absolute Gasteiger partial charge is 0.490 e. The Hall–Kier alpha value is -3.66. The summed E-state index contributed by atoms with van der Waals surface area (Å²) < 4.78 is 25.5. The van der Waals surface area contributed by atoms with Crippen molar-refractivity contribution in [2.75, 3.05) is 25.5 Å². The first-order valence-corrected chi connectivity index (χ1v) is 12.1. The predicted octanol–water partition coefficient (Wildman–Crippen LogP) is 3.05. The van der Waals surface area contributed by atoms with E-state index < -0.39 is 6.10 Å². The van der Waals surface area contributed by atoms with Crippen LogP contribution in [0.5, 0.6) is 5.75 Å². The standard InChI is InChI=1S/C26H31FN4O5/c1-3-28-26(34)30-18-7-10-22-20(12-18)25(33)31(2)21-9-8-19(36-23(21)15-35-22)13-24(32)29-14-16-5-4-6-17(27)11-16/h4-7,10-12,19,21,23H,3,8-9,13-15H2,1-2H3,(H,29,32)(H2,28,30,34)/t19-,21+,23-/m1/s1. The zero-order valence-corrected chi connectivity index (χ0v) is 20.4. The predicted molar refractivity (Wildman–Crippen MR) is 131 cm³/mol. The minimum Gasteiger partial charge on any atom is -0.490 e. The highest BCUT2D eigenvalue weighted by Gasteiger charge is 2.39. The number of hydrogen-bond donors (Lipinski definition) is 3. The SMILES string of the molecule is CCNC(=O)Nc1ccc2c(c1)C(=O)N(C)[C@H]1CC[C@H](CC(=O)NCc3cccc(F)c3)O[C@@H]1CO2. The molecule has 10 heteroatoms. The Bertz CT molecular complexity index is 1130. The molecule has 36 heavy (non-hydrogen) atoms. The zero-order chi connectivity index (χ0) is 25.7. The van der Waals surface area contributed by atoms with Crippen molar-refractivity contribution in [3.8, 4) is 5.75 Å². The van der Waals surface area contributed by atoms with Gasteiger partial charge < -0.3 is 30.3 Å².